The number of aliphatic hydroxyl groups is 11. The van der Waals surface area contributed by atoms with E-state index in [1.807, 2.05) is 0 Å². The van der Waals surface area contributed by atoms with Crippen LogP contribution < -0.4 is 0 Å². The molecule has 17 heteroatoms. The zero-order valence-corrected chi connectivity index (χ0v) is 34.8. The topological polar surface area (TPSA) is 278 Å². The molecule has 0 aromatic carbocycles. The maximum Gasteiger partial charge on any atom is 0.187 e. The summed E-state index contributed by atoms with van der Waals surface area (Å²) in [6, 6.07) is 0. The number of hydrogen-bond acceptors (Lipinski definition) is 17. The van der Waals surface area contributed by atoms with Gasteiger partial charge in [0.15, 0.2) is 18.9 Å². The van der Waals surface area contributed by atoms with Crippen molar-refractivity contribution in [2.24, 2.45) is 5.41 Å². The van der Waals surface area contributed by atoms with Gasteiger partial charge in [-0.05, 0) is 12.8 Å². The molecule has 0 unspecified atom stereocenters. The molecule has 3 saturated heterocycles. The summed E-state index contributed by atoms with van der Waals surface area (Å²) in [7, 11) is 0. The third kappa shape index (κ3) is 15.3. The summed E-state index contributed by atoms with van der Waals surface area (Å²) < 4.78 is 35.2. The van der Waals surface area contributed by atoms with E-state index in [-0.39, 0.29) is 13.2 Å². The van der Waals surface area contributed by atoms with Crippen LogP contribution in [0.25, 0.3) is 0 Å². The molecule has 3 aliphatic heterocycles. The average molecular weight is 843 g/mol. The predicted molar refractivity (Wildman–Crippen MR) is 209 cm³/mol. The lowest BCUT2D eigenvalue weighted by atomic mass is 9.79. The van der Waals surface area contributed by atoms with Crippen LogP contribution in [0.15, 0.2) is 0 Å². The van der Waals surface area contributed by atoms with Gasteiger partial charge in [0.25, 0.3) is 0 Å². The molecule has 0 aliphatic carbocycles. The second kappa shape index (κ2) is 27.4. The first-order chi connectivity index (χ1) is 27.9. The summed E-state index contributed by atoms with van der Waals surface area (Å²) in [6.07, 6.45) is -4.77. The van der Waals surface area contributed by atoms with E-state index in [4.69, 9.17) is 28.4 Å². The average Bonchev–Trinajstić information content (AvgIpc) is 3.22. The molecule has 3 rings (SSSR count). The standard InChI is InChI=1S/C41H78O17/c1-3-5-7-9-11-13-15-17-19-41(20-18-16-14-12-10-8-6-4-2,24-53-38-34(50)31(47)29(45)26(21-42)55-38)25-54-39-36(52)33(49)37(28(23-44)57-39)58-40-35(51)32(48)30(46)27(22-43)56-40/h26-40,42-52H,3-25H2,1-2H3/t26-,27-,28-,29-,30-,31+,32+,33-,34-,35-,36+,37-,38-,39-,40-/m0/s1. The summed E-state index contributed by atoms with van der Waals surface area (Å²) in [6.45, 7) is 2.24. The fourth-order valence-corrected chi connectivity index (χ4v) is 8.14. The van der Waals surface area contributed by atoms with Crippen LogP contribution in [0.4, 0.5) is 0 Å². The maximum atomic E-state index is 11.3. The zero-order valence-electron chi connectivity index (χ0n) is 34.8. The molecule has 344 valence electrons. The van der Waals surface area contributed by atoms with Crippen molar-refractivity contribution in [3.05, 3.63) is 0 Å². The molecule has 0 amide bonds. The first-order valence-electron chi connectivity index (χ1n) is 22.0. The minimum absolute atomic E-state index is 0.0274. The van der Waals surface area contributed by atoms with E-state index in [2.05, 4.69) is 13.8 Å². The Morgan fingerprint density at radius 3 is 1.16 bits per heavy atom. The molecule has 0 saturated carbocycles. The SMILES string of the molecule is CCCCCCCCCCC(CCCCCCCCCC)(CO[C@H]1O[C@@H](CO)[C@H](O)[C@@H](O)[C@@H]1O)CO[C@H]1O[C@@H](CO)[C@H](O[C@@H]2O[C@@H](CO)[C@H](O)[C@@H](O)[C@@H]2O)[C@@H](O)[C@H]1O. The molecule has 0 radical (unpaired) electrons. The smallest absolute Gasteiger partial charge is 0.187 e. The molecule has 17 nitrogen and oxygen atoms in total. The summed E-state index contributed by atoms with van der Waals surface area (Å²) in [5.41, 5.74) is -0.754. The number of hydrogen-bond donors (Lipinski definition) is 11. The van der Waals surface area contributed by atoms with Gasteiger partial charge in [0, 0.05) is 5.41 Å². The first kappa shape index (κ1) is 51.7. The van der Waals surface area contributed by atoms with Gasteiger partial charge in [0.05, 0.1) is 33.0 Å². The number of unbranched alkanes of at least 4 members (excludes halogenated alkanes) is 14. The Bertz CT molecular complexity index is 1030. The highest BCUT2D eigenvalue weighted by molar-refractivity contribution is 4.95. The van der Waals surface area contributed by atoms with Crippen LogP contribution in [-0.4, -0.2) is 181 Å². The molecule has 3 heterocycles. The summed E-state index contributed by atoms with van der Waals surface area (Å²) in [5, 5.41) is 115. The van der Waals surface area contributed by atoms with Crippen molar-refractivity contribution in [2.45, 2.75) is 222 Å². The van der Waals surface area contributed by atoms with Crippen LogP contribution in [0.3, 0.4) is 0 Å². The van der Waals surface area contributed by atoms with Crippen molar-refractivity contribution in [3.8, 4) is 0 Å². The van der Waals surface area contributed by atoms with Crippen LogP contribution in [0.1, 0.15) is 129 Å². The van der Waals surface area contributed by atoms with Crippen molar-refractivity contribution in [2.75, 3.05) is 33.0 Å². The monoisotopic (exact) mass is 843 g/mol. The van der Waals surface area contributed by atoms with Gasteiger partial charge in [-0.15, -0.1) is 0 Å². The fraction of sp³-hybridized carbons (Fsp3) is 1.00. The molecular weight excluding hydrogens is 764 g/mol. The second-order valence-electron chi connectivity index (χ2n) is 16.8. The molecular formula is C41H78O17. The van der Waals surface area contributed by atoms with E-state index in [9.17, 15) is 56.2 Å². The molecule has 3 fully saturated rings. The van der Waals surface area contributed by atoms with E-state index in [0.717, 1.165) is 77.0 Å². The molecule has 58 heavy (non-hydrogen) atoms. The number of ether oxygens (including phenoxy) is 6. The highest BCUT2D eigenvalue weighted by Gasteiger charge is 2.51. The molecule has 0 aromatic heterocycles. The van der Waals surface area contributed by atoms with Crippen LogP contribution in [0.5, 0.6) is 0 Å². The third-order valence-corrected chi connectivity index (χ3v) is 12.0. The Hall–Kier alpha value is -0.680. The lowest BCUT2D eigenvalue weighted by molar-refractivity contribution is -0.361. The Morgan fingerprint density at radius 2 is 0.741 bits per heavy atom. The van der Waals surface area contributed by atoms with Gasteiger partial charge in [-0.25, -0.2) is 0 Å². The Labute approximate surface area is 344 Å². The Kier molecular flexibility index (Phi) is 24.4. The predicted octanol–water partition coefficient (Wildman–Crippen LogP) is 0.492. The van der Waals surface area contributed by atoms with Crippen LogP contribution in [0, 0.1) is 5.41 Å². The second-order valence-corrected chi connectivity index (χ2v) is 16.8. The van der Waals surface area contributed by atoms with Crippen molar-refractivity contribution < 1.29 is 84.6 Å². The van der Waals surface area contributed by atoms with Gasteiger partial charge in [-0.2, -0.15) is 0 Å². The zero-order chi connectivity index (χ0) is 42.7. The van der Waals surface area contributed by atoms with Gasteiger partial charge in [-0.1, -0.05) is 117 Å². The largest absolute Gasteiger partial charge is 0.394 e. The number of aliphatic hydroxyl groups excluding tert-OH is 11. The molecule has 15 atom stereocenters. The molecule has 0 spiro atoms. The summed E-state index contributed by atoms with van der Waals surface area (Å²) in [5.74, 6) is 0. The van der Waals surface area contributed by atoms with Crippen molar-refractivity contribution >= 4 is 0 Å². The van der Waals surface area contributed by atoms with Crippen LogP contribution >= 0.6 is 0 Å². The minimum Gasteiger partial charge on any atom is -0.394 e. The van der Waals surface area contributed by atoms with Gasteiger partial charge in [0.1, 0.15) is 73.2 Å². The minimum atomic E-state index is -1.80. The molecule has 3 aliphatic rings. The lowest BCUT2D eigenvalue weighted by Gasteiger charge is -2.46. The van der Waals surface area contributed by atoms with E-state index in [1.54, 1.807) is 0 Å². The first-order valence-corrected chi connectivity index (χ1v) is 22.0. The summed E-state index contributed by atoms with van der Waals surface area (Å²) >= 11 is 0. The summed E-state index contributed by atoms with van der Waals surface area (Å²) in [4.78, 5) is 0. The quantitative estimate of drug-likeness (QED) is 0.0457. The molecule has 0 bridgehead atoms. The molecule has 11 N–H and O–H groups in total. The Balaban J connectivity index is 1.79. The van der Waals surface area contributed by atoms with Crippen LogP contribution in [-0.2, 0) is 28.4 Å². The van der Waals surface area contributed by atoms with E-state index >= 15 is 0 Å². The van der Waals surface area contributed by atoms with Gasteiger partial charge >= 0.3 is 0 Å². The fourth-order valence-electron chi connectivity index (χ4n) is 8.14. The highest BCUT2D eigenvalue weighted by Crippen LogP contribution is 2.37. The van der Waals surface area contributed by atoms with Crippen molar-refractivity contribution in [1.82, 2.24) is 0 Å². The van der Waals surface area contributed by atoms with Gasteiger partial charge in [-0.3, -0.25) is 0 Å². The van der Waals surface area contributed by atoms with E-state index < -0.39 is 117 Å². The normalized spacial score (nSPS) is 36.1. The number of rotatable bonds is 29. The molecule has 0 aromatic rings. The van der Waals surface area contributed by atoms with Crippen molar-refractivity contribution in [3.63, 3.8) is 0 Å². The maximum absolute atomic E-state index is 11.3. The van der Waals surface area contributed by atoms with Gasteiger partial charge < -0.3 is 84.6 Å². The third-order valence-electron chi connectivity index (χ3n) is 12.0. The highest BCUT2D eigenvalue weighted by atomic mass is 16.7. The Morgan fingerprint density at radius 1 is 0.397 bits per heavy atom. The van der Waals surface area contributed by atoms with Crippen LogP contribution in [0.2, 0.25) is 0 Å². The van der Waals surface area contributed by atoms with Gasteiger partial charge in [0.2, 0.25) is 0 Å². The lowest BCUT2D eigenvalue weighted by Crippen LogP contribution is -2.64. The van der Waals surface area contributed by atoms with E-state index in [0.29, 0.717) is 12.8 Å². The van der Waals surface area contributed by atoms with E-state index in [1.165, 1.54) is 25.7 Å². The van der Waals surface area contributed by atoms with Crippen molar-refractivity contribution in [1.29, 1.82) is 0 Å².